The maximum Gasteiger partial charge on any atom is 0.256 e. The van der Waals surface area contributed by atoms with Gasteiger partial charge in [-0.2, -0.15) is 0 Å². The van der Waals surface area contributed by atoms with Crippen LogP contribution in [0.3, 0.4) is 0 Å². The van der Waals surface area contributed by atoms with E-state index in [1.165, 1.54) is 0 Å². The van der Waals surface area contributed by atoms with Crippen LogP contribution in [0.2, 0.25) is 0 Å². The lowest BCUT2D eigenvalue weighted by atomic mass is 10.1. The Morgan fingerprint density at radius 1 is 1.11 bits per heavy atom. The Labute approximate surface area is 166 Å². The molecule has 1 N–H and O–H groups in total. The molecular formula is C23H26N4O. The van der Waals surface area contributed by atoms with E-state index in [4.69, 9.17) is 4.98 Å². The van der Waals surface area contributed by atoms with Crippen molar-refractivity contribution in [3.8, 4) is 11.4 Å². The van der Waals surface area contributed by atoms with Crippen LogP contribution in [-0.4, -0.2) is 29.5 Å². The van der Waals surface area contributed by atoms with Crippen molar-refractivity contribution in [2.75, 3.05) is 18.5 Å². The van der Waals surface area contributed by atoms with Crippen molar-refractivity contribution in [2.24, 2.45) is 0 Å². The van der Waals surface area contributed by atoms with Crippen LogP contribution < -0.4 is 10.2 Å². The number of hydrogen-bond acceptors (Lipinski definition) is 4. The SMILES string of the molecule is CCCNC(=O)c1cnc(-c2cccc(C)c2)nc1N(C)Cc1ccccc1. The van der Waals surface area contributed by atoms with Gasteiger partial charge >= 0.3 is 0 Å². The van der Waals surface area contributed by atoms with Crippen molar-refractivity contribution in [3.63, 3.8) is 0 Å². The van der Waals surface area contributed by atoms with E-state index in [2.05, 4.69) is 22.4 Å². The van der Waals surface area contributed by atoms with Crippen molar-refractivity contribution in [2.45, 2.75) is 26.8 Å². The molecule has 1 heterocycles. The largest absolute Gasteiger partial charge is 0.355 e. The van der Waals surface area contributed by atoms with E-state index in [0.29, 0.717) is 30.3 Å². The number of nitrogens with one attached hydrogen (secondary N) is 1. The van der Waals surface area contributed by atoms with E-state index in [1.54, 1.807) is 6.20 Å². The van der Waals surface area contributed by atoms with E-state index in [-0.39, 0.29) is 5.91 Å². The Balaban J connectivity index is 1.98. The summed E-state index contributed by atoms with van der Waals surface area (Å²) in [6.07, 6.45) is 2.51. The first kappa shape index (κ1) is 19.5. The molecule has 0 aliphatic rings. The Hall–Kier alpha value is -3.21. The monoisotopic (exact) mass is 374 g/mol. The average molecular weight is 374 g/mol. The maximum absolute atomic E-state index is 12.7. The minimum Gasteiger partial charge on any atom is -0.355 e. The molecular weight excluding hydrogens is 348 g/mol. The Morgan fingerprint density at radius 2 is 1.89 bits per heavy atom. The molecule has 0 atom stereocenters. The number of aryl methyl sites for hydroxylation is 1. The number of amides is 1. The highest BCUT2D eigenvalue weighted by atomic mass is 16.1. The van der Waals surface area contributed by atoms with Gasteiger partial charge in [0.15, 0.2) is 5.82 Å². The van der Waals surface area contributed by atoms with Crippen LogP contribution in [0.4, 0.5) is 5.82 Å². The number of carbonyl (C=O) groups excluding carboxylic acids is 1. The zero-order valence-electron chi connectivity index (χ0n) is 16.6. The van der Waals surface area contributed by atoms with Gasteiger partial charge in [-0.3, -0.25) is 4.79 Å². The molecule has 0 spiro atoms. The minimum absolute atomic E-state index is 0.146. The molecule has 1 amide bonds. The molecule has 0 saturated heterocycles. The smallest absolute Gasteiger partial charge is 0.256 e. The Kier molecular flexibility index (Phi) is 6.37. The zero-order chi connectivity index (χ0) is 19.9. The highest BCUT2D eigenvalue weighted by Gasteiger charge is 2.18. The highest BCUT2D eigenvalue weighted by Crippen LogP contribution is 2.23. The van der Waals surface area contributed by atoms with Gasteiger partial charge in [-0.1, -0.05) is 61.0 Å². The van der Waals surface area contributed by atoms with Crippen LogP contribution in [-0.2, 0) is 6.54 Å². The summed E-state index contributed by atoms with van der Waals surface area (Å²) in [5.41, 5.74) is 3.73. The number of hydrogen-bond donors (Lipinski definition) is 1. The summed E-state index contributed by atoms with van der Waals surface area (Å²) in [5, 5.41) is 2.93. The Bertz CT molecular complexity index is 940. The van der Waals surface area contributed by atoms with E-state index in [1.807, 2.05) is 68.3 Å². The standard InChI is InChI=1S/C23H26N4O/c1-4-13-24-23(28)20-15-25-21(19-12-8-9-17(2)14-19)26-22(20)27(3)16-18-10-6-5-7-11-18/h5-12,14-15H,4,13,16H2,1-3H3,(H,24,28). The van der Waals surface area contributed by atoms with E-state index in [0.717, 1.165) is 23.1 Å². The van der Waals surface area contributed by atoms with Gasteiger partial charge in [0.25, 0.3) is 5.91 Å². The van der Waals surface area contributed by atoms with Gasteiger partial charge in [0.1, 0.15) is 11.4 Å². The lowest BCUT2D eigenvalue weighted by Crippen LogP contribution is -2.28. The lowest BCUT2D eigenvalue weighted by Gasteiger charge is -2.21. The summed E-state index contributed by atoms with van der Waals surface area (Å²) in [6.45, 7) is 5.35. The molecule has 0 fully saturated rings. The first-order valence-corrected chi connectivity index (χ1v) is 9.56. The van der Waals surface area contributed by atoms with Crippen molar-refractivity contribution in [3.05, 3.63) is 77.5 Å². The van der Waals surface area contributed by atoms with Gasteiger partial charge in [0.05, 0.1) is 0 Å². The molecule has 0 bridgehead atoms. The molecule has 5 nitrogen and oxygen atoms in total. The first-order valence-electron chi connectivity index (χ1n) is 9.56. The summed E-state index contributed by atoms with van der Waals surface area (Å²) in [7, 11) is 1.95. The second kappa shape index (κ2) is 9.13. The molecule has 3 aromatic rings. The molecule has 2 aromatic carbocycles. The quantitative estimate of drug-likeness (QED) is 0.672. The molecule has 0 unspecified atom stereocenters. The van der Waals surface area contributed by atoms with E-state index >= 15 is 0 Å². The van der Waals surface area contributed by atoms with Crippen LogP contribution in [0.25, 0.3) is 11.4 Å². The second-order valence-electron chi connectivity index (χ2n) is 6.90. The molecule has 0 aliphatic heterocycles. The van der Waals surface area contributed by atoms with Gasteiger partial charge < -0.3 is 10.2 Å². The van der Waals surface area contributed by atoms with E-state index < -0.39 is 0 Å². The van der Waals surface area contributed by atoms with Gasteiger partial charge in [-0.05, 0) is 25.0 Å². The van der Waals surface area contributed by atoms with Gasteiger partial charge in [-0.25, -0.2) is 9.97 Å². The summed E-state index contributed by atoms with van der Waals surface area (Å²) < 4.78 is 0. The maximum atomic E-state index is 12.7. The predicted molar refractivity (Wildman–Crippen MR) is 113 cm³/mol. The fourth-order valence-electron chi connectivity index (χ4n) is 3.01. The van der Waals surface area contributed by atoms with Crippen LogP contribution in [0.1, 0.15) is 34.8 Å². The molecule has 3 rings (SSSR count). The van der Waals surface area contributed by atoms with Crippen LogP contribution in [0.15, 0.2) is 60.8 Å². The van der Waals surface area contributed by atoms with Crippen molar-refractivity contribution >= 4 is 11.7 Å². The summed E-state index contributed by atoms with van der Waals surface area (Å²) in [5.74, 6) is 1.10. The zero-order valence-corrected chi connectivity index (χ0v) is 16.6. The van der Waals surface area contributed by atoms with E-state index in [9.17, 15) is 4.79 Å². The highest BCUT2D eigenvalue weighted by molar-refractivity contribution is 5.98. The third-order valence-corrected chi connectivity index (χ3v) is 4.45. The minimum atomic E-state index is -0.146. The molecule has 28 heavy (non-hydrogen) atoms. The van der Waals surface area contributed by atoms with Crippen LogP contribution in [0.5, 0.6) is 0 Å². The predicted octanol–water partition coefficient (Wildman–Crippen LogP) is 4.23. The first-order chi connectivity index (χ1) is 13.6. The van der Waals surface area contributed by atoms with Crippen LogP contribution >= 0.6 is 0 Å². The number of anilines is 1. The third kappa shape index (κ3) is 4.74. The number of nitrogens with zero attached hydrogens (tertiary/aromatic N) is 3. The van der Waals surface area contributed by atoms with Crippen molar-refractivity contribution in [1.29, 1.82) is 0 Å². The molecule has 1 aromatic heterocycles. The number of carbonyl (C=O) groups is 1. The normalized spacial score (nSPS) is 10.5. The number of rotatable bonds is 7. The summed E-state index contributed by atoms with van der Waals surface area (Å²) >= 11 is 0. The topological polar surface area (TPSA) is 58.1 Å². The van der Waals surface area contributed by atoms with Crippen molar-refractivity contribution in [1.82, 2.24) is 15.3 Å². The average Bonchev–Trinajstić information content (AvgIpc) is 2.72. The lowest BCUT2D eigenvalue weighted by molar-refractivity contribution is 0.0953. The van der Waals surface area contributed by atoms with Gasteiger partial charge in [0.2, 0.25) is 0 Å². The molecule has 0 saturated carbocycles. The molecule has 0 radical (unpaired) electrons. The summed E-state index contributed by atoms with van der Waals surface area (Å²) in [6, 6.07) is 18.2. The number of benzene rings is 2. The molecule has 5 heteroatoms. The Morgan fingerprint density at radius 3 is 2.61 bits per heavy atom. The van der Waals surface area contributed by atoms with Crippen molar-refractivity contribution < 1.29 is 4.79 Å². The molecule has 0 aliphatic carbocycles. The third-order valence-electron chi connectivity index (χ3n) is 4.45. The second-order valence-corrected chi connectivity index (χ2v) is 6.90. The van der Waals surface area contributed by atoms with Gasteiger partial charge in [-0.15, -0.1) is 0 Å². The molecule has 144 valence electrons. The van der Waals surface area contributed by atoms with Crippen LogP contribution in [0, 0.1) is 6.92 Å². The summed E-state index contributed by atoms with van der Waals surface area (Å²) in [4.78, 5) is 23.9. The fourth-order valence-corrected chi connectivity index (χ4v) is 3.01. The van der Waals surface area contributed by atoms with Gasteiger partial charge in [0, 0.05) is 31.9 Å². The fraction of sp³-hybridized carbons (Fsp3) is 0.261. The number of aromatic nitrogens is 2.